The van der Waals surface area contributed by atoms with Crippen LogP contribution in [-0.2, 0) is 11.2 Å². The van der Waals surface area contributed by atoms with E-state index in [1.807, 2.05) is 0 Å². The molecule has 2 aromatic rings. The van der Waals surface area contributed by atoms with Crippen molar-refractivity contribution in [1.82, 2.24) is 10.2 Å². The largest absolute Gasteiger partial charge is 0.497 e. The van der Waals surface area contributed by atoms with Crippen LogP contribution in [-0.4, -0.2) is 29.1 Å². The number of amides is 2. The average Bonchev–Trinajstić information content (AvgIpc) is 2.48. The molecule has 1 aliphatic heterocycles. The van der Waals surface area contributed by atoms with E-state index in [2.05, 4.69) is 10.2 Å². The van der Waals surface area contributed by atoms with Crippen LogP contribution in [0.15, 0.2) is 36.7 Å². The van der Waals surface area contributed by atoms with E-state index in [0.29, 0.717) is 22.6 Å². The Morgan fingerprint density at radius 2 is 1.80 bits per heavy atom. The van der Waals surface area contributed by atoms with Gasteiger partial charge in [-0.15, -0.1) is 0 Å². The van der Waals surface area contributed by atoms with Gasteiger partial charge in [-0.3, -0.25) is 9.59 Å². The molecule has 0 saturated carbocycles. The third kappa shape index (κ3) is 1.91. The number of carbonyl (C=O) groups is 2. The summed E-state index contributed by atoms with van der Waals surface area (Å²) in [7, 11) is 1.56. The van der Waals surface area contributed by atoms with E-state index in [0.717, 1.165) is 4.90 Å². The van der Waals surface area contributed by atoms with Gasteiger partial charge in [-0.2, -0.15) is 10.2 Å². The summed E-state index contributed by atoms with van der Waals surface area (Å²) in [6, 6.07) is 6.76. The second kappa shape index (κ2) is 4.73. The van der Waals surface area contributed by atoms with Gasteiger partial charge in [0.1, 0.15) is 5.75 Å². The molecule has 6 nitrogen and oxygen atoms in total. The fourth-order valence-corrected chi connectivity index (χ4v) is 2.15. The lowest BCUT2D eigenvalue weighted by molar-refractivity contribution is -0.117. The van der Waals surface area contributed by atoms with Gasteiger partial charge in [-0.05, 0) is 29.8 Å². The number of methoxy groups -OCH3 is 1. The van der Waals surface area contributed by atoms with E-state index in [1.54, 1.807) is 31.4 Å². The summed E-state index contributed by atoms with van der Waals surface area (Å²) in [5.74, 6) is 0.00825. The molecule has 3 rings (SSSR count). The van der Waals surface area contributed by atoms with Crippen molar-refractivity contribution >= 4 is 17.5 Å². The van der Waals surface area contributed by atoms with Crippen molar-refractivity contribution in [3.05, 3.63) is 47.8 Å². The van der Waals surface area contributed by atoms with Crippen molar-refractivity contribution < 1.29 is 14.3 Å². The Bertz CT molecular complexity index is 682. The van der Waals surface area contributed by atoms with Crippen molar-refractivity contribution in [2.24, 2.45) is 0 Å². The third-order valence-electron chi connectivity index (χ3n) is 3.17. The normalized spacial score (nSPS) is 14.2. The summed E-state index contributed by atoms with van der Waals surface area (Å²) >= 11 is 0. The number of hydrogen-bond acceptors (Lipinski definition) is 5. The average molecular weight is 269 g/mol. The molecule has 0 radical (unpaired) electrons. The molecule has 100 valence electrons. The zero-order valence-electron chi connectivity index (χ0n) is 10.7. The number of rotatable bonds is 2. The van der Waals surface area contributed by atoms with Crippen LogP contribution in [0.4, 0.5) is 5.69 Å². The van der Waals surface area contributed by atoms with Crippen molar-refractivity contribution in [1.29, 1.82) is 0 Å². The molecule has 1 aliphatic rings. The molecule has 0 spiro atoms. The highest BCUT2D eigenvalue weighted by atomic mass is 16.5. The predicted octanol–water partition coefficient (Wildman–Crippen LogP) is 1.21. The van der Waals surface area contributed by atoms with Gasteiger partial charge in [0.2, 0.25) is 5.91 Å². The minimum atomic E-state index is -0.378. The van der Waals surface area contributed by atoms with E-state index < -0.39 is 0 Å². The quantitative estimate of drug-likeness (QED) is 0.766. The number of ether oxygens (including phenoxy) is 1. The van der Waals surface area contributed by atoms with E-state index >= 15 is 0 Å². The first-order chi connectivity index (χ1) is 9.70. The van der Waals surface area contributed by atoms with Crippen molar-refractivity contribution in [2.75, 3.05) is 12.0 Å². The van der Waals surface area contributed by atoms with Gasteiger partial charge >= 0.3 is 0 Å². The topological polar surface area (TPSA) is 72.4 Å². The number of imide groups is 1. The maximum Gasteiger partial charge on any atom is 0.267 e. The Morgan fingerprint density at radius 3 is 2.50 bits per heavy atom. The fraction of sp³-hybridized carbons (Fsp3) is 0.143. The molecular weight excluding hydrogens is 258 g/mol. The molecule has 0 unspecified atom stereocenters. The lowest BCUT2D eigenvalue weighted by atomic mass is 10.0. The standard InChI is InChI=1S/C14H11N3O3/c1-20-11-4-2-10(3-5-11)17-13(18)6-9-7-15-16-8-12(9)14(17)19/h2-5,7-8H,6H2,1H3. The van der Waals surface area contributed by atoms with Crippen LogP contribution in [0.2, 0.25) is 0 Å². The Hall–Kier alpha value is -2.76. The molecule has 2 amide bonds. The zero-order chi connectivity index (χ0) is 14.1. The van der Waals surface area contributed by atoms with Crippen LogP contribution >= 0.6 is 0 Å². The Morgan fingerprint density at radius 1 is 1.10 bits per heavy atom. The Labute approximate surface area is 115 Å². The van der Waals surface area contributed by atoms with Crippen LogP contribution in [0, 0.1) is 0 Å². The molecule has 0 aliphatic carbocycles. The first kappa shape index (κ1) is 12.3. The van der Waals surface area contributed by atoms with E-state index in [1.165, 1.54) is 12.4 Å². The monoisotopic (exact) mass is 269 g/mol. The van der Waals surface area contributed by atoms with Crippen molar-refractivity contribution in [3.8, 4) is 5.75 Å². The molecule has 0 atom stereocenters. The number of aromatic nitrogens is 2. The zero-order valence-corrected chi connectivity index (χ0v) is 10.7. The Balaban J connectivity index is 2.01. The molecule has 6 heteroatoms. The minimum absolute atomic E-state index is 0.141. The highest BCUT2D eigenvalue weighted by molar-refractivity contribution is 6.24. The molecule has 1 aromatic heterocycles. The highest BCUT2D eigenvalue weighted by Gasteiger charge is 2.32. The number of nitrogens with zero attached hydrogens (tertiary/aromatic N) is 3. The summed E-state index contributed by atoms with van der Waals surface area (Å²) in [4.78, 5) is 25.7. The lowest BCUT2D eigenvalue weighted by Crippen LogP contribution is -2.42. The second-order valence-electron chi connectivity index (χ2n) is 4.34. The van der Waals surface area contributed by atoms with Gasteiger partial charge < -0.3 is 4.74 Å². The highest BCUT2D eigenvalue weighted by Crippen LogP contribution is 2.26. The maximum absolute atomic E-state index is 12.4. The van der Waals surface area contributed by atoms with E-state index in [-0.39, 0.29) is 18.2 Å². The van der Waals surface area contributed by atoms with Crippen LogP contribution in [0.5, 0.6) is 5.75 Å². The summed E-state index contributed by atoms with van der Waals surface area (Å²) in [5.41, 5.74) is 1.54. The number of benzene rings is 1. The predicted molar refractivity (Wildman–Crippen MR) is 70.5 cm³/mol. The van der Waals surface area contributed by atoms with Crippen molar-refractivity contribution in [3.63, 3.8) is 0 Å². The molecule has 0 saturated heterocycles. The maximum atomic E-state index is 12.4. The number of carbonyl (C=O) groups excluding carboxylic acids is 2. The smallest absolute Gasteiger partial charge is 0.267 e. The molecule has 0 N–H and O–H groups in total. The van der Waals surface area contributed by atoms with Crippen LogP contribution in [0.1, 0.15) is 15.9 Å². The minimum Gasteiger partial charge on any atom is -0.497 e. The second-order valence-corrected chi connectivity index (χ2v) is 4.34. The van der Waals surface area contributed by atoms with Gasteiger partial charge in [0.05, 0.1) is 37.2 Å². The molecule has 20 heavy (non-hydrogen) atoms. The lowest BCUT2D eigenvalue weighted by Gasteiger charge is -2.26. The molecule has 0 fully saturated rings. The van der Waals surface area contributed by atoms with Crippen LogP contribution in [0.3, 0.4) is 0 Å². The molecule has 1 aromatic carbocycles. The summed E-state index contributed by atoms with van der Waals surface area (Å²) in [6.45, 7) is 0. The summed E-state index contributed by atoms with van der Waals surface area (Å²) in [6.07, 6.45) is 2.99. The number of fused-ring (bicyclic) bond motifs is 1. The van der Waals surface area contributed by atoms with Gasteiger partial charge in [0.15, 0.2) is 0 Å². The summed E-state index contributed by atoms with van der Waals surface area (Å²) < 4.78 is 5.06. The molecule has 2 heterocycles. The summed E-state index contributed by atoms with van der Waals surface area (Å²) in [5, 5.41) is 7.40. The number of anilines is 1. The first-order valence-electron chi connectivity index (χ1n) is 6.01. The number of hydrogen-bond donors (Lipinski definition) is 0. The van der Waals surface area contributed by atoms with E-state index in [4.69, 9.17) is 4.74 Å². The van der Waals surface area contributed by atoms with Gasteiger partial charge in [-0.25, -0.2) is 4.90 Å². The van der Waals surface area contributed by atoms with Gasteiger partial charge in [-0.1, -0.05) is 0 Å². The Kier molecular flexibility index (Phi) is 2.90. The van der Waals surface area contributed by atoms with Crippen LogP contribution < -0.4 is 9.64 Å². The SMILES string of the molecule is COc1ccc(N2C(=O)Cc3cnncc3C2=O)cc1. The van der Waals surface area contributed by atoms with E-state index in [9.17, 15) is 9.59 Å². The van der Waals surface area contributed by atoms with Gasteiger partial charge in [0, 0.05) is 0 Å². The van der Waals surface area contributed by atoms with Gasteiger partial charge in [0.25, 0.3) is 5.91 Å². The van der Waals surface area contributed by atoms with Crippen LogP contribution in [0.25, 0.3) is 0 Å². The third-order valence-corrected chi connectivity index (χ3v) is 3.17. The molecular formula is C14H11N3O3. The van der Waals surface area contributed by atoms with Crippen molar-refractivity contribution in [2.45, 2.75) is 6.42 Å². The fourth-order valence-electron chi connectivity index (χ4n) is 2.15. The first-order valence-corrected chi connectivity index (χ1v) is 6.01. The molecule has 0 bridgehead atoms.